The molecule has 0 heterocycles. The van der Waals surface area contributed by atoms with Gasteiger partial charge in [0.1, 0.15) is 11.8 Å². The van der Waals surface area contributed by atoms with Crippen LogP contribution in [-0.4, -0.2) is 35.9 Å². The number of hydrogen-bond donors (Lipinski definition) is 1. The van der Waals surface area contributed by atoms with Crippen molar-refractivity contribution in [1.82, 2.24) is 10.2 Å². The minimum absolute atomic E-state index is 0.118. The molecular weight excluding hydrogens is 447 g/mol. The van der Waals surface area contributed by atoms with Gasteiger partial charge in [-0.25, -0.2) is 0 Å². The Morgan fingerprint density at radius 2 is 1.72 bits per heavy atom. The fourth-order valence-corrected chi connectivity index (χ4v) is 3.90. The molecule has 0 bridgehead atoms. The second kappa shape index (κ2) is 12.7. The average Bonchev–Trinajstić information content (AvgIpc) is 2.76. The third-order valence-corrected chi connectivity index (χ3v) is 6.22. The average molecular weight is 479 g/mol. The van der Waals surface area contributed by atoms with Crippen molar-refractivity contribution < 1.29 is 14.3 Å². The summed E-state index contributed by atoms with van der Waals surface area (Å²) >= 11 is 12.7. The molecule has 2 rings (SSSR count). The highest BCUT2D eigenvalue weighted by Gasteiger charge is 2.30. The van der Waals surface area contributed by atoms with E-state index in [0.29, 0.717) is 34.3 Å². The fourth-order valence-electron chi connectivity index (χ4n) is 3.38. The third kappa shape index (κ3) is 6.88. The number of ether oxygens (including phenoxy) is 1. The van der Waals surface area contributed by atoms with Crippen molar-refractivity contribution in [3.63, 3.8) is 0 Å². The molecule has 174 valence electrons. The first-order valence-corrected chi connectivity index (χ1v) is 11.7. The number of benzene rings is 2. The molecule has 0 fully saturated rings. The van der Waals surface area contributed by atoms with Crippen molar-refractivity contribution in [2.75, 3.05) is 13.2 Å². The Hall–Kier alpha value is -2.24. The molecule has 7 heteroatoms. The number of rotatable bonds is 11. The molecule has 0 aliphatic rings. The van der Waals surface area contributed by atoms with Gasteiger partial charge in [-0.15, -0.1) is 0 Å². The summed E-state index contributed by atoms with van der Waals surface area (Å²) in [6, 6.07) is 10.2. The highest BCUT2D eigenvalue weighted by molar-refractivity contribution is 6.36. The Bertz CT molecular complexity index is 913. The van der Waals surface area contributed by atoms with E-state index < -0.39 is 6.04 Å². The Balaban J connectivity index is 2.28. The highest BCUT2D eigenvalue weighted by atomic mass is 35.5. The summed E-state index contributed by atoms with van der Waals surface area (Å²) in [6.07, 6.45) is 2.30. The lowest BCUT2D eigenvalue weighted by Crippen LogP contribution is -2.50. The van der Waals surface area contributed by atoms with Gasteiger partial charge in [0, 0.05) is 28.7 Å². The fraction of sp³-hybridized carbons (Fsp3) is 0.440. The van der Waals surface area contributed by atoms with Crippen molar-refractivity contribution in [3.05, 3.63) is 63.1 Å². The summed E-state index contributed by atoms with van der Waals surface area (Å²) in [5.41, 5.74) is 2.66. The Morgan fingerprint density at radius 3 is 2.34 bits per heavy atom. The summed E-state index contributed by atoms with van der Waals surface area (Å²) in [5.74, 6) is 0.151. The molecule has 0 unspecified atom stereocenters. The van der Waals surface area contributed by atoms with E-state index in [-0.39, 0.29) is 25.0 Å². The van der Waals surface area contributed by atoms with Crippen molar-refractivity contribution >= 4 is 35.0 Å². The van der Waals surface area contributed by atoms with Crippen LogP contribution in [0.1, 0.15) is 49.8 Å². The minimum Gasteiger partial charge on any atom is -0.483 e. The molecule has 0 aliphatic carbocycles. The molecular formula is C25H32Cl2N2O3. The van der Waals surface area contributed by atoms with E-state index in [1.54, 1.807) is 18.2 Å². The number of nitrogens with one attached hydrogen (secondary N) is 1. The summed E-state index contributed by atoms with van der Waals surface area (Å²) in [6.45, 7) is 8.38. The van der Waals surface area contributed by atoms with E-state index in [1.165, 1.54) is 4.90 Å². The van der Waals surface area contributed by atoms with Crippen molar-refractivity contribution in [2.24, 2.45) is 0 Å². The topological polar surface area (TPSA) is 58.6 Å². The number of amides is 2. The van der Waals surface area contributed by atoms with Gasteiger partial charge in [-0.1, -0.05) is 61.7 Å². The smallest absolute Gasteiger partial charge is 0.261 e. The number of carbonyl (C=O) groups excluding carboxylic acids is 2. The van der Waals surface area contributed by atoms with E-state index in [2.05, 4.69) is 12.2 Å². The van der Waals surface area contributed by atoms with Gasteiger partial charge < -0.3 is 15.0 Å². The molecule has 2 amide bonds. The molecule has 0 radical (unpaired) electrons. The Labute approximate surface area is 201 Å². The van der Waals surface area contributed by atoms with Crippen LogP contribution >= 0.6 is 23.2 Å². The SMILES string of the molecule is CCCCNC(=O)[C@H](CC)N(Cc1c(Cl)cccc1Cl)C(=O)COc1cccc(C)c1C. The summed E-state index contributed by atoms with van der Waals surface area (Å²) in [5, 5.41) is 3.84. The van der Waals surface area contributed by atoms with Gasteiger partial charge in [-0.2, -0.15) is 0 Å². The molecule has 0 saturated carbocycles. The van der Waals surface area contributed by atoms with E-state index in [9.17, 15) is 9.59 Å². The van der Waals surface area contributed by atoms with Crippen LogP contribution in [0.2, 0.25) is 10.0 Å². The molecule has 0 aromatic heterocycles. The van der Waals surface area contributed by atoms with Crippen molar-refractivity contribution in [3.8, 4) is 5.75 Å². The number of unbranched alkanes of at least 4 members (excludes halogenated alkanes) is 1. The van der Waals surface area contributed by atoms with Crippen LogP contribution in [0.25, 0.3) is 0 Å². The lowest BCUT2D eigenvalue weighted by molar-refractivity contribution is -0.143. The van der Waals surface area contributed by atoms with E-state index in [0.717, 1.165) is 24.0 Å². The molecule has 5 nitrogen and oxygen atoms in total. The van der Waals surface area contributed by atoms with Crippen LogP contribution < -0.4 is 10.1 Å². The van der Waals surface area contributed by atoms with Gasteiger partial charge in [-0.3, -0.25) is 9.59 Å². The number of carbonyl (C=O) groups is 2. The Kier molecular flexibility index (Phi) is 10.3. The predicted octanol–water partition coefficient (Wildman–Crippen LogP) is 5.71. The molecule has 2 aromatic carbocycles. The first-order valence-electron chi connectivity index (χ1n) is 11.0. The second-order valence-corrected chi connectivity index (χ2v) is 8.59. The van der Waals surface area contributed by atoms with Gasteiger partial charge in [0.05, 0.1) is 0 Å². The van der Waals surface area contributed by atoms with Crippen LogP contribution in [0.15, 0.2) is 36.4 Å². The van der Waals surface area contributed by atoms with E-state index >= 15 is 0 Å². The number of halogens is 2. The predicted molar refractivity (Wildman–Crippen MR) is 130 cm³/mol. The summed E-state index contributed by atoms with van der Waals surface area (Å²) < 4.78 is 5.84. The minimum atomic E-state index is -0.658. The third-order valence-electron chi connectivity index (χ3n) is 5.51. The zero-order valence-electron chi connectivity index (χ0n) is 19.2. The van der Waals surface area contributed by atoms with E-state index in [1.807, 2.05) is 39.0 Å². The van der Waals surface area contributed by atoms with Gasteiger partial charge in [0.25, 0.3) is 5.91 Å². The maximum Gasteiger partial charge on any atom is 0.261 e. The zero-order chi connectivity index (χ0) is 23.7. The van der Waals surface area contributed by atoms with E-state index in [4.69, 9.17) is 27.9 Å². The number of nitrogens with zero attached hydrogens (tertiary/aromatic N) is 1. The van der Waals surface area contributed by atoms with Crippen LogP contribution in [0.5, 0.6) is 5.75 Å². The maximum atomic E-state index is 13.3. The van der Waals surface area contributed by atoms with Crippen molar-refractivity contribution in [2.45, 2.75) is 59.5 Å². The quantitative estimate of drug-likeness (QED) is 0.420. The largest absolute Gasteiger partial charge is 0.483 e. The second-order valence-electron chi connectivity index (χ2n) is 7.78. The zero-order valence-corrected chi connectivity index (χ0v) is 20.7. The molecule has 1 atom stereocenters. The first-order chi connectivity index (χ1) is 15.3. The van der Waals surface area contributed by atoms with Gasteiger partial charge in [0.15, 0.2) is 6.61 Å². The first kappa shape index (κ1) is 26.0. The molecule has 0 saturated heterocycles. The molecule has 0 aliphatic heterocycles. The normalized spacial score (nSPS) is 11.7. The Morgan fingerprint density at radius 1 is 1.06 bits per heavy atom. The lowest BCUT2D eigenvalue weighted by atomic mass is 10.1. The highest BCUT2D eigenvalue weighted by Crippen LogP contribution is 2.27. The molecule has 0 spiro atoms. The summed E-state index contributed by atoms with van der Waals surface area (Å²) in [4.78, 5) is 27.7. The molecule has 1 N–H and O–H groups in total. The van der Waals surface area contributed by atoms with Gasteiger partial charge in [0.2, 0.25) is 5.91 Å². The van der Waals surface area contributed by atoms with Crippen LogP contribution in [0, 0.1) is 13.8 Å². The summed E-state index contributed by atoms with van der Waals surface area (Å²) in [7, 11) is 0. The molecule has 32 heavy (non-hydrogen) atoms. The van der Waals surface area contributed by atoms with Crippen molar-refractivity contribution in [1.29, 1.82) is 0 Å². The maximum absolute atomic E-state index is 13.3. The van der Waals surface area contributed by atoms with Crippen LogP contribution in [0.4, 0.5) is 0 Å². The van der Waals surface area contributed by atoms with Gasteiger partial charge in [-0.05, 0) is 56.0 Å². The number of aryl methyl sites for hydroxylation is 1. The standard InChI is InChI=1S/C25H32Cl2N2O3/c1-5-7-14-28-25(31)22(6-2)29(15-19-20(26)11-9-12-21(19)27)24(30)16-32-23-13-8-10-17(3)18(23)4/h8-13,22H,5-7,14-16H2,1-4H3,(H,28,31)/t22-/m0/s1. The van der Waals surface area contributed by atoms with Crippen LogP contribution in [-0.2, 0) is 16.1 Å². The number of hydrogen-bond acceptors (Lipinski definition) is 3. The monoisotopic (exact) mass is 478 g/mol. The van der Waals surface area contributed by atoms with Crippen LogP contribution in [0.3, 0.4) is 0 Å². The lowest BCUT2D eigenvalue weighted by Gasteiger charge is -2.31. The molecule has 2 aromatic rings. The van der Waals surface area contributed by atoms with Gasteiger partial charge >= 0.3 is 0 Å².